The van der Waals surface area contributed by atoms with Crippen molar-refractivity contribution < 1.29 is 13.9 Å². The van der Waals surface area contributed by atoms with Gasteiger partial charge in [-0.15, -0.1) is 0 Å². The molecule has 0 amide bonds. The maximum Gasteiger partial charge on any atom is 0.262 e. The van der Waals surface area contributed by atoms with Crippen molar-refractivity contribution in [2.75, 3.05) is 19.7 Å². The Morgan fingerprint density at radius 3 is 3.04 bits per heavy atom. The van der Waals surface area contributed by atoms with Crippen LogP contribution in [0.5, 0.6) is 17.4 Å². The minimum atomic E-state index is -0.532. The molecule has 0 saturated carbocycles. The van der Waals surface area contributed by atoms with Gasteiger partial charge in [-0.25, -0.2) is 9.37 Å². The van der Waals surface area contributed by atoms with E-state index < -0.39 is 5.82 Å². The smallest absolute Gasteiger partial charge is 0.262 e. The Balaban J connectivity index is 1.68. The number of ether oxygens (including phenoxy) is 2. The normalized spacial score (nSPS) is 17.7. The number of hydrogen-bond acceptors (Lipinski definition) is 4. The Kier molecular flexibility index (Phi) is 5.31. The summed E-state index contributed by atoms with van der Waals surface area (Å²) in [5.41, 5.74) is 0. The summed E-state index contributed by atoms with van der Waals surface area (Å²) in [6, 6.07) is 7.85. The molecule has 122 valence electrons. The van der Waals surface area contributed by atoms with E-state index in [-0.39, 0.29) is 5.02 Å². The Morgan fingerprint density at radius 1 is 1.35 bits per heavy atom. The van der Waals surface area contributed by atoms with Crippen LogP contribution in [-0.4, -0.2) is 24.7 Å². The molecule has 0 radical (unpaired) electrons. The van der Waals surface area contributed by atoms with Crippen LogP contribution < -0.4 is 14.8 Å². The summed E-state index contributed by atoms with van der Waals surface area (Å²) in [4.78, 5) is 4.17. The summed E-state index contributed by atoms with van der Waals surface area (Å²) in [6.45, 7) is 2.63. The van der Waals surface area contributed by atoms with E-state index in [4.69, 9.17) is 21.1 Å². The first kappa shape index (κ1) is 16.0. The predicted octanol–water partition coefficient (Wildman–Crippen LogP) is 4.04. The van der Waals surface area contributed by atoms with Crippen LogP contribution >= 0.6 is 11.6 Å². The minimum Gasteiger partial charge on any atom is -0.488 e. The summed E-state index contributed by atoms with van der Waals surface area (Å²) < 4.78 is 25.0. The van der Waals surface area contributed by atoms with Gasteiger partial charge in [0.2, 0.25) is 0 Å². The number of halogens is 2. The van der Waals surface area contributed by atoms with Gasteiger partial charge in [-0.1, -0.05) is 11.6 Å². The summed E-state index contributed by atoms with van der Waals surface area (Å²) in [5.74, 6) is 1.14. The largest absolute Gasteiger partial charge is 0.488 e. The average molecular weight is 337 g/mol. The van der Waals surface area contributed by atoms with Gasteiger partial charge in [0, 0.05) is 24.7 Å². The van der Waals surface area contributed by atoms with Gasteiger partial charge in [-0.2, -0.15) is 0 Å². The number of hydrogen-bond donors (Lipinski definition) is 1. The van der Waals surface area contributed by atoms with Gasteiger partial charge < -0.3 is 14.8 Å². The van der Waals surface area contributed by atoms with E-state index in [1.54, 1.807) is 24.4 Å². The SMILES string of the molecule is Fc1cc(Oc2ncccc2OCC2CCCNC2)ccc1Cl. The number of pyridine rings is 1. The summed E-state index contributed by atoms with van der Waals surface area (Å²) in [5, 5.41) is 3.41. The van der Waals surface area contributed by atoms with Crippen molar-refractivity contribution in [1.29, 1.82) is 0 Å². The predicted molar refractivity (Wildman–Crippen MR) is 86.8 cm³/mol. The van der Waals surface area contributed by atoms with Crippen LogP contribution in [0.2, 0.25) is 5.02 Å². The number of benzene rings is 1. The number of piperidine rings is 1. The summed E-state index contributed by atoms with van der Waals surface area (Å²) in [7, 11) is 0. The molecule has 1 aliphatic rings. The monoisotopic (exact) mass is 336 g/mol. The van der Waals surface area contributed by atoms with Crippen molar-refractivity contribution in [3.63, 3.8) is 0 Å². The molecule has 1 N–H and O–H groups in total. The molecular weight excluding hydrogens is 319 g/mol. The molecule has 1 fully saturated rings. The summed E-state index contributed by atoms with van der Waals surface area (Å²) >= 11 is 5.67. The third-order valence-electron chi connectivity index (χ3n) is 3.72. The van der Waals surface area contributed by atoms with Gasteiger partial charge in [0.15, 0.2) is 5.75 Å². The maximum absolute atomic E-state index is 13.5. The first-order chi connectivity index (χ1) is 11.2. The van der Waals surface area contributed by atoms with E-state index in [1.807, 2.05) is 0 Å². The van der Waals surface area contributed by atoms with Crippen LogP contribution in [0.1, 0.15) is 12.8 Å². The second-order valence-corrected chi connectivity index (χ2v) is 5.92. The minimum absolute atomic E-state index is 0.0552. The van der Waals surface area contributed by atoms with E-state index in [2.05, 4.69) is 10.3 Å². The first-order valence-corrected chi connectivity index (χ1v) is 8.01. The molecule has 2 heterocycles. The number of rotatable bonds is 5. The molecule has 1 aromatic carbocycles. The molecule has 1 aromatic heterocycles. The zero-order valence-corrected chi connectivity index (χ0v) is 13.4. The summed E-state index contributed by atoms with van der Waals surface area (Å²) in [6.07, 6.45) is 3.91. The highest BCUT2D eigenvalue weighted by Crippen LogP contribution is 2.31. The van der Waals surface area contributed by atoms with Gasteiger partial charge in [0.05, 0.1) is 11.6 Å². The molecule has 3 rings (SSSR count). The van der Waals surface area contributed by atoms with Crippen LogP contribution in [0.15, 0.2) is 36.5 Å². The average Bonchev–Trinajstić information content (AvgIpc) is 2.58. The topological polar surface area (TPSA) is 43.4 Å². The molecule has 1 atom stereocenters. The van der Waals surface area contributed by atoms with Gasteiger partial charge in [0.25, 0.3) is 5.88 Å². The van der Waals surface area contributed by atoms with Crippen LogP contribution in [0.3, 0.4) is 0 Å². The molecule has 2 aromatic rings. The highest BCUT2D eigenvalue weighted by Gasteiger charge is 2.15. The van der Waals surface area contributed by atoms with E-state index in [0.717, 1.165) is 25.9 Å². The lowest BCUT2D eigenvalue weighted by molar-refractivity contribution is 0.211. The molecule has 1 aliphatic heterocycles. The lowest BCUT2D eigenvalue weighted by Gasteiger charge is -2.23. The van der Waals surface area contributed by atoms with Crippen LogP contribution in [-0.2, 0) is 0 Å². The highest BCUT2D eigenvalue weighted by molar-refractivity contribution is 6.30. The molecule has 0 spiro atoms. The fraction of sp³-hybridized carbons (Fsp3) is 0.353. The van der Waals surface area contributed by atoms with Crippen molar-refractivity contribution in [3.8, 4) is 17.4 Å². The quantitative estimate of drug-likeness (QED) is 0.894. The molecule has 4 nitrogen and oxygen atoms in total. The Labute approximate surface area is 139 Å². The zero-order chi connectivity index (χ0) is 16.1. The fourth-order valence-electron chi connectivity index (χ4n) is 2.49. The number of nitrogens with one attached hydrogen (secondary N) is 1. The molecule has 6 heteroatoms. The lowest BCUT2D eigenvalue weighted by atomic mass is 10.0. The van der Waals surface area contributed by atoms with Crippen molar-refractivity contribution in [2.24, 2.45) is 5.92 Å². The van der Waals surface area contributed by atoms with E-state index in [1.165, 1.54) is 12.1 Å². The van der Waals surface area contributed by atoms with Gasteiger partial charge in [0.1, 0.15) is 11.6 Å². The Morgan fingerprint density at radius 2 is 2.26 bits per heavy atom. The van der Waals surface area contributed by atoms with Gasteiger partial charge in [-0.05, 0) is 43.7 Å². The van der Waals surface area contributed by atoms with Crippen LogP contribution in [0, 0.1) is 11.7 Å². The molecule has 1 unspecified atom stereocenters. The van der Waals surface area contributed by atoms with Crippen molar-refractivity contribution in [1.82, 2.24) is 10.3 Å². The third kappa shape index (κ3) is 4.33. The third-order valence-corrected chi connectivity index (χ3v) is 4.02. The fourth-order valence-corrected chi connectivity index (χ4v) is 2.61. The second-order valence-electron chi connectivity index (χ2n) is 5.51. The van der Waals surface area contributed by atoms with Gasteiger partial charge >= 0.3 is 0 Å². The standard InChI is InChI=1S/C17H18ClFN2O2/c18-14-6-5-13(9-15(14)19)23-17-16(4-2-8-21-17)22-11-12-3-1-7-20-10-12/h2,4-6,8-9,12,20H,1,3,7,10-11H2. The zero-order valence-electron chi connectivity index (χ0n) is 12.6. The van der Waals surface area contributed by atoms with Crippen molar-refractivity contribution in [3.05, 3.63) is 47.4 Å². The number of aromatic nitrogens is 1. The van der Waals surface area contributed by atoms with Crippen LogP contribution in [0.4, 0.5) is 4.39 Å². The molecule has 0 aliphatic carbocycles. The molecular formula is C17H18ClFN2O2. The lowest BCUT2D eigenvalue weighted by Crippen LogP contribution is -2.33. The van der Waals surface area contributed by atoms with Crippen molar-refractivity contribution >= 4 is 11.6 Å². The Hall–Kier alpha value is -1.85. The van der Waals surface area contributed by atoms with E-state index in [9.17, 15) is 4.39 Å². The van der Waals surface area contributed by atoms with Crippen LogP contribution in [0.25, 0.3) is 0 Å². The van der Waals surface area contributed by atoms with E-state index >= 15 is 0 Å². The van der Waals surface area contributed by atoms with Gasteiger partial charge in [-0.3, -0.25) is 0 Å². The first-order valence-electron chi connectivity index (χ1n) is 7.64. The second kappa shape index (κ2) is 7.62. The number of nitrogens with zero attached hydrogens (tertiary/aromatic N) is 1. The van der Waals surface area contributed by atoms with Crippen molar-refractivity contribution in [2.45, 2.75) is 12.8 Å². The molecule has 0 bridgehead atoms. The highest BCUT2D eigenvalue weighted by atomic mass is 35.5. The van der Waals surface area contributed by atoms with E-state index in [0.29, 0.717) is 29.9 Å². The Bertz CT molecular complexity index is 663. The molecule has 23 heavy (non-hydrogen) atoms. The molecule has 1 saturated heterocycles. The maximum atomic E-state index is 13.5.